The second kappa shape index (κ2) is 5.63. The first-order valence-electron chi connectivity index (χ1n) is 5.74. The van der Waals surface area contributed by atoms with Crippen molar-refractivity contribution >= 4 is 5.97 Å². The summed E-state index contributed by atoms with van der Waals surface area (Å²) in [6, 6.07) is 0.259. The van der Waals surface area contributed by atoms with Crippen molar-refractivity contribution in [3.05, 3.63) is 11.6 Å². The molecule has 0 aliphatic carbocycles. The third kappa shape index (κ3) is 2.40. The summed E-state index contributed by atoms with van der Waals surface area (Å²) in [4.78, 5) is 11.7. The van der Waals surface area contributed by atoms with Crippen molar-refractivity contribution in [3.63, 3.8) is 0 Å². The fourth-order valence-electron chi connectivity index (χ4n) is 1.80. The molecule has 0 saturated heterocycles. The van der Waals surface area contributed by atoms with Crippen molar-refractivity contribution < 1.29 is 9.53 Å². The molecule has 0 aliphatic heterocycles. The number of rotatable bonds is 5. The molecule has 0 bridgehead atoms. The number of aromatic nitrogens is 3. The second-order valence-electron chi connectivity index (χ2n) is 3.63. The van der Waals surface area contributed by atoms with Crippen molar-refractivity contribution in [3.8, 4) is 0 Å². The van der Waals surface area contributed by atoms with Gasteiger partial charge in [0, 0.05) is 6.04 Å². The minimum absolute atomic E-state index is 0.259. The molecule has 1 rings (SSSR count). The van der Waals surface area contributed by atoms with E-state index in [1.165, 1.54) is 0 Å². The van der Waals surface area contributed by atoms with E-state index < -0.39 is 5.97 Å². The first kappa shape index (κ1) is 12.7. The van der Waals surface area contributed by atoms with Crippen LogP contribution in [0.25, 0.3) is 0 Å². The Morgan fingerprint density at radius 1 is 1.31 bits per heavy atom. The summed E-state index contributed by atoms with van der Waals surface area (Å²) in [6.07, 6.45) is 1.89. The molecule has 0 radical (unpaired) electrons. The number of hydrogen-bond acceptors (Lipinski definition) is 4. The van der Waals surface area contributed by atoms with Gasteiger partial charge in [0.15, 0.2) is 0 Å². The summed E-state index contributed by atoms with van der Waals surface area (Å²) in [7, 11) is 0. The Morgan fingerprint density at radius 2 is 1.94 bits per heavy atom. The van der Waals surface area contributed by atoms with E-state index in [1.807, 2.05) is 11.5 Å². The molecule has 5 heteroatoms. The Labute approximate surface area is 95.8 Å². The van der Waals surface area contributed by atoms with Crippen LogP contribution in [0.4, 0.5) is 0 Å². The van der Waals surface area contributed by atoms with Gasteiger partial charge in [0.1, 0.15) is 5.82 Å². The first-order valence-corrected chi connectivity index (χ1v) is 5.74. The number of ether oxygens (including phenoxy) is 1. The van der Waals surface area contributed by atoms with Crippen LogP contribution in [0.3, 0.4) is 0 Å². The minimum Gasteiger partial charge on any atom is -0.460 e. The number of carbonyl (C=O) groups is 1. The lowest BCUT2D eigenvalue weighted by Crippen LogP contribution is -2.18. The zero-order chi connectivity index (χ0) is 12.1. The normalized spacial score (nSPS) is 10.8. The fourth-order valence-corrected chi connectivity index (χ4v) is 1.80. The van der Waals surface area contributed by atoms with E-state index in [2.05, 4.69) is 24.0 Å². The summed E-state index contributed by atoms with van der Waals surface area (Å²) in [5.74, 6) is 0.680. The van der Waals surface area contributed by atoms with Crippen LogP contribution in [-0.4, -0.2) is 27.3 Å². The van der Waals surface area contributed by atoms with Gasteiger partial charge in [-0.1, -0.05) is 13.8 Å². The van der Waals surface area contributed by atoms with Crippen LogP contribution in [0.1, 0.15) is 56.1 Å². The van der Waals surface area contributed by atoms with E-state index in [0.717, 1.165) is 18.7 Å². The molecule has 16 heavy (non-hydrogen) atoms. The Kier molecular flexibility index (Phi) is 4.46. The maximum absolute atomic E-state index is 11.7. The van der Waals surface area contributed by atoms with Crippen molar-refractivity contribution in [2.75, 3.05) is 6.61 Å². The number of aryl methyl sites for hydroxylation is 1. The summed E-state index contributed by atoms with van der Waals surface area (Å²) >= 11 is 0. The molecule has 0 aliphatic rings. The lowest BCUT2D eigenvalue weighted by molar-refractivity contribution is 0.0502. The molecule has 0 N–H and O–H groups in total. The topological polar surface area (TPSA) is 57.0 Å². The van der Waals surface area contributed by atoms with Gasteiger partial charge in [-0.25, -0.2) is 4.79 Å². The number of carbonyl (C=O) groups excluding carboxylic acids is 1. The van der Waals surface area contributed by atoms with E-state index >= 15 is 0 Å². The molecular weight excluding hydrogens is 206 g/mol. The third-order valence-electron chi connectivity index (χ3n) is 2.63. The molecule has 0 spiro atoms. The highest BCUT2D eigenvalue weighted by molar-refractivity contribution is 5.85. The predicted octanol–water partition coefficient (Wildman–Crippen LogP) is 2.12. The highest BCUT2D eigenvalue weighted by atomic mass is 16.5. The molecular formula is C11H19N3O2. The summed E-state index contributed by atoms with van der Waals surface area (Å²) in [5.41, 5.74) is 0. The minimum atomic E-state index is -0.394. The zero-order valence-electron chi connectivity index (χ0n) is 10.4. The molecule has 1 aromatic rings. The quantitative estimate of drug-likeness (QED) is 0.720. The van der Waals surface area contributed by atoms with E-state index in [4.69, 9.17) is 4.74 Å². The highest BCUT2D eigenvalue weighted by Crippen LogP contribution is 2.19. The highest BCUT2D eigenvalue weighted by Gasteiger charge is 2.21. The molecule has 0 unspecified atom stereocenters. The van der Waals surface area contributed by atoms with Gasteiger partial charge in [-0.3, -0.25) is 0 Å². The van der Waals surface area contributed by atoms with Gasteiger partial charge in [-0.15, -0.1) is 10.2 Å². The van der Waals surface area contributed by atoms with Gasteiger partial charge in [0.05, 0.1) is 6.61 Å². The summed E-state index contributed by atoms with van der Waals surface area (Å²) in [6.45, 7) is 8.16. The average molecular weight is 225 g/mol. The molecule has 0 fully saturated rings. The van der Waals surface area contributed by atoms with Crippen LogP contribution in [-0.2, 0) is 4.74 Å². The average Bonchev–Trinajstić information content (AvgIpc) is 2.64. The Bertz CT molecular complexity index is 356. The molecule has 90 valence electrons. The lowest BCUT2D eigenvalue weighted by Gasteiger charge is -2.17. The summed E-state index contributed by atoms with van der Waals surface area (Å²) < 4.78 is 6.83. The van der Waals surface area contributed by atoms with E-state index in [-0.39, 0.29) is 6.04 Å². The smallest absolute Gasteiger partial charge is 0.376 e. The second-order valence-corrected chi connectivity index (χ2v) is 3.63. The molecule has 0 saturated carbocycles. The van der Waals surface area contributed by atoms with Crippen LogP contribution in [0.5, 0.6) is 0 Å². The van der Waals surface area contributed by atoms with Crippen molar-refractivity contribution in [2.45, 2.75) is 46.6 Å². The SMILES string of the molecule is CCOC(=O)c1nnc(C)n1C(CC)CC. The largest absolute Gasteiger partial charge is 0.460 e. The van der Waals surface area contributed by atoms with Crippen LogP contribution in [0.15, 0.2) is 0 Å². The van der Waals surface area contributed by atoms with Crippen LogP contribution >= 0.6 is 0 Å². The van der Waals surface area contributed by atoms with Crippen LogP contribution in [0.2, 0.25) is 0 Å². The Morgan fingerprint density at radius 3 is 2.44 bits per heavy atom. The maximum atomic E-state index is 11.7. The predicted molar refractivity (Wildman–Crippen MR) is 60.3 cm³/mol. The van der Waals surface area contributed by atoms with Gasteiger partial charge in [-0.2, -0.15) is 0 Å². The molecule has 0 aromatic carbocycles. The van der Waals surface area contributed by atoms with Crippen LogP contribution < -0.4 is 0 Å². The Balaban J connectivity index is 3.06. The number of nitrogens with zero attached hydrogens (tertiary/aromatic N) is 3. The number of esters is 1. The summed E-state index contributed by atoms with van der Waals surface area (Å²) in [5, 5.41) is 7.84. The van der Waals surface area contributed by atoms with Gasteiger partial charge in [0.2, 0.25) is 5.82 Å². The van der Waals surface area contributed by atoms with E-state index in [0.29, 0.717) is 12.4 Å². The molecule has 0 amide bonds. The van der Waals surface area contributed by atoms with Crippen molar-refractivity contribution in [1.29, 1.82) is 0 Å². The van der Waals surface area contributed by atoms with Gasteiger partial charge in [-0.05, 0) is 26.7 Å². The standard InChI is InChI=1S/C11H19N3O2/c1-5-9(6-2)14-8(4)12-13-10(14)11(15)16-7-3/h9H,5-7H2,1-4H3. The number of hydrogen-bond donors (Lipinski definition) is 0. The van der Waals surface area contributed by atoms with E-state index in [1.54, 1.807) is 6.92 Å². The van der Waals surface area contributed by atoms with Gasteiger partial charge >= 0.3 is 5.97 Å². The van der Waals surface area contributed by atoms with Crippen molar-refractivity contribution in [2.24, 2.45) is 0 Å². The zero-order valence-corrected chi connectivity index (χ0v) is 10.4. The van der Waals surface area contributed by atoms with Crippen LogP contribution in [0, 0.1) is 6.92 Å². The van der Waals surface area contributed by atoms with Gasteiger partial charge < -0.3 is 9.30 Å². The van der Waals surface area contributed by atoms with E-state index in [9.17, 15) is 4.79 Å². The molecule has 0 atom stereocenters. The molecule has 1 aromatic heterocycles. The molecule has 5 nitrogen and oxygen atoms in total. The first-order chi connectivity index (χ1) is 7.65. The van der Waals surface area contributed by atoms with Gasteiger partial charge in [0.25, 0.3) is 0 Å². The monoisotopic (exact) mass is 225 g/mol. The fraction of sp³-hybridized carbons (Fsp3) is 0.727. The maximum Gasteiger partial charge on any atom is 0.376 e. The van der Waals surface area contributed by atoms with Crippen molar-refractivity contribution in [1.82, 2.24) is 14.8 Å². The Hall–Kier alpha value is -1.39. The lowest BCUT2D eigenvalue weighted by atomic mass is 10.1. The third-order valence-corrected chi connectivity index (χ3v) is 2.63. The molecule has 1 heterocycles.